The molecule has 0 saturated carbocycles. The van der Waals surface area contributed by atoms with E-state index in [9.17, 15) is 4.79 Å². The van der Waals surface area contributed by atoms with E-state index in [2.05, 4.69) is 24.5 Å². The molecule has 1 amide bonds. The van der Waals surface area contributed by atoms with E-state index in [1.807, 2.05) is 0 Å². The van der Waals surface area contributed by atoms with Gasteiger partial charge in [-0.25, -0.2) is 0 Å². The van der Waals surface area contributed by atoms with Crippen LogP contribution in [0, 0.1) is 11.8 Å². The molecule has 4 heteroatoms. The van der Waals surface area contributed by atoms with Crippen LogP contribution in [-0.2, 0) is 9.53 Å². The standard InChI is InChI=1S/C12H24N2O2/c1-10(2)9-16-6-5-14-12(15)7-11-3-4-13-8-11/h10-11,13H,3-9H2,1-2H3,(H,14,15). The minimum atomic E-state index is 0.154. The van der Waals surface area contributed by atoms with Crippen molar-refractivity contribution in [2.75, 3.05) is 32.8 Å². The molecule has 2 N–H and O–H groups in total. The minimum absolute atomic E-state index is 0.154. The van der Waals surface area contributed by atoms with Crippen molar-refractivity contribution in [3.05, 3.63) is 0 Å². The highest BCUT2D eigenvalue weighted by atomic mass is 16.5. The molecular weight excluding hydrogens is 204 g/mol. The van der Waals surface area contributed by atoms with E-state index in [0.717, 1.165) is 26.1 Å². The van der Waals surface area contributed by atoms with E-state index in [4.69, 9.17) is 4.74 Å². The van der Waals surface area contributed by atoms with Crippen LogP contribution in [0.5, 0.6) is 0 Å². The van der Waals surface area contributed by atoms with Crippen LogP contribution in [0.25, 0.3) is 0 Å². The van der Waals surface area contributed by atoms with Gasteiger partial charge in [0.05, 0.1) is 6.61 Å². The van der Waals surface area contributed by atoms with Gasteiger partial charge in [-0.3, -0.25) is 4.79 Å². The fourth-order valence-corrected chi connectivity index (χ4v) is 1.80. The lowest BCUT2D eigenvalue weighted by molar-refractivity contribution is -0.122. The number of amides is 1. The van der Waals surface area contributed by atoms with Gasteiger partial charge in [-0.1, -0.05) is 13.8 Å². The van der Waals surface area contributed by atoms with E-state index < -0.39 is 0 Å². The van der Waals surface area contributed by atoms with Crippen LogP contribution in [0.2, 0.25) is 0 Å². The zero-order chi connectivity index (χ0) is 11.8. The molecule has 1 saturated heterocycles. The van der Waals surface area contributed by atoms with Crippen LogP contribution in [0.1, 0.15) is 26.7 Å². The molecule has 0 aliphatic carbocycles. The van der Waals surface area contributed by atoms with Crippen molar-refractivity contribution >= 4 is 5.91 Å². The molecule has 1 unspecified atom stereocenters. The van der Waals surface area contributed by atoms with Crippen LogP contribution in [0.4, 0.5) is 0 Å². The predicted molar refractivity (Wildman–Crippen MR) is 64.3 cm³/mol. The van der Waals surface area contributed by atoms with Crippen LogP contribution >= 0.6 is 0 Å². The Morgan fingerprint density at radius 2 is 2.38 bits per heavy atom. The Hall–Kier alpha value is -0.610. The second-order valence-corrected chi connectivity index (χ2v) is 4.88. The van der Waals surface area contributed by atoms with Gasteiger partial charge in [0.25, 0.3) is 0 Å². The third kappa shape index (κ3) is 6.08. The van der Waals surface area contributed by atoms with Crippen LogP contribution in [-0.4, -0.2) is 38.8 Å². The van der Waals surface area contributed by atoms with Crippen molar-refractivity contribution in [2.45, 2.75) is 26.7 Å². The van der Waals surface area contributed by atoms with E-state index in [-0.39, 0.29) is 5.91 Å². The molecule has 94 valence electrons. The van der Waals surface area contributed by atoms with E-state index in [0.29, 0.717) is 31.4 Å². The van der Waals surface area contributed by atoms with Gasteiger partial charge in [0, 0.05) is 19.6 Å². The molecule has 1 aliphatic rings. The highest BCUT2D eigenvalue weighted by Gasteiger charge is 2.17. The van der Waals surface area contributed by atoms with Crippen molar-refractivity contribution in [2.24, 2.45) is 11.8 Å². The number of carbonyl (C=O) groups excluding carboxylic acids is 1. The summed E-state index contributed by atoms with van der Waals surface area (Å²) < 4.78 is 5.39. The van der Waals surface area contributed by atoms with Crippen molar-refractivity contribution in [1.29, 1.82) is 0 Å². The Balaban J connectivity index is 1.93. The molecule has 0 aromatic heterocycles. The second kappa shape index (κ2) is 7.63. The third-order valence-electron chi connectivity index (χ3n) is 2.66. The van der Waals surface area contributed by atoms with Crippen LogP contribution < -0.4 is 10.6 Å². The number of ether oxygens (including phenoxy) is 1. The predicted octanol–water partition coefficient (Wildman–Crippen LogP) is 0.775. The molecule has 0 bridgehead atoms. The average molecular weight is 228 g/mol. The zero-order valence-corrected chi connectivity index (χ0v) is 10.4. The Labute approximate surface area is 98.1 Å². The smallest absolute Gasteiger partial charge is 0.220 e. The molecule has 1 atom stereocenters. The maximum Gasteiger partial charge on any atom is 0.220 e. The number of hydrogen-bond acceptors (Lipinski definition) is 3. The molecule has 1 aliphatic heterocycles. The summed E-state index contributed by atoms with van der Waals surface area (Å²) in [4.78, 5) is 11.5. The van der Waals surface area contributed by atoms with Crippen molar-refractivity contribution < 1.29 is 9.53 Å². The van der Waals surface area contributed by atoms with Gasteiger partial charge in [0.2, 0.25) is 5.91 Å². The quantitative estimate of drug-likeness (QED) is 0.633. The number of carbonyl (C=O) groups is 1. The van der Waals surface area contributed by atoms with Gasteiger partial charge >= 0.3 is 0 Å². The number of rotatable bonds is 7. The molecule has 0 aromatic rings. The molecule has 0 aromatic carbocycles. The highest BCUT2D eigenvalue weighted by molar-refractivity contribution is 5.76. The number of nitrogens with one attached hydrogen (secondary N) is 2. The fraction of sp³-hybridized carbons (Fsp3) is 0.917. The fourth-order valence-electron chi connectivity index (χ4n) is 1.80. The summed E-state index contributed by atoms with van der Waals surface area (Å²) >= 11 is 0. The maximum atomic E-state index is 11.5. The average Bonchev–Trinajstić information content (AvgIpc) is 2.69. The Morgan fingerprint density at radius 1 is 1.56 bits per heavy atom. The van der Waals surface area contributed by atoms with E-state index >= 15 is 0 Å². The summed E-state index contributed by atoms with van der Waals surface area (Å²) in [5, 5.41) is 6.15. The highest BCUT2D eigenvalue weighted by Crippen LogP contribution is 2.11. The Kier molecular flexibility index (Phi) is 6.42. The molecule has 0 radical (unpaired) electrons. The summed E-state index contributed by atoms with van der Waals surface area (Å²) in [5.74, 6) is 1.23. The van der Waals surface area contributed by atoms with Gasteiger partial charge in [0.15, 0.2) is 0 Å². The molecular formula is C12H24N2O2. The topological polar surface area (TPSA) is 50.4 Å². The van der Waals surface area contributed by atoms with Crippen LogP contribution in [0.3, 0.4) is 0 Å². The second-order valence-electron chi connectivity index (χ2n) is 4.88. The molecule has 1 fully saturated rings. The first-order valence-electron chi connectivity index (χ1n) is 6.23. The lowest BCUT2D eigenvalue weighted by atomic mass is 10.0. The van der Waals surface area contributed by atoms with Gasteiger partial charge in [0.1, 0.15) is 0 Å². The van der Waals surface area contributed by atoms with Crippen molar-refractivity contribution in [3.63, 3.8) is 0 Å². The molecule has 1 heterocycles. The van der Waals surface area contributed by atoms with Gasteiger partial charge < -0.3 is 15.4 Å². The lowest BCUT2D eigenvalue weighted by Crippen LogP contribution is -2.29. The molecule has 1 rings (SSSR count). The summed E-state index contributed by atoms with van der Waals surface area (Å²) in [7, 11) is 0. The van der Waals surface area contributed by atoms with Gasteiger partial charge in [-0.2, -0.15) is 0 Å². The number of hydrogen-bond donors (Lipinski definition) is 2. The monoisotopic (exact) mass is 228 g/mol. The van der Waals surface area contributed by atoms with E-state index in [1.54, 1.807) is 0 Å². The summed E-state index contributed by atoms with van der Waals surface area (Å²) in [6, 6.07) is 0. The zero-order valence-electron chi connectivity index (χ0n) is 10.4. The largest absolute Gasteiger partial charge is 0.379 e. The first-order chi connectivity index (χ1) is 7.68. The Bertz CT molecular complexity index is 201. The summed E-state index contributed by atoms with van der Waals surface area (Å²) in [5.41, 5.74) is 0. The molecule has 0 spiro atoms. The molecule has 4 nitrogen and oxygen atoms in total. The van der Waals surface area contributed by atoms with Crippen LogP contribution in [0.15, 0.2) is 0 Å². The normalized spacial score (nSPS) is 20.3. The first kappa shape index (κ1) is 13.5. The summed E-state index contributed by atoms with van der Waals surface area (Å²) in [6.07, 6.45) is 1.77. The minimum Gasteiger partial charge on any atom is -0.379 e. The SMILES string of the molecule is CC(C)COCCNC(=O)CC1CCNC1. The van der Waals surface area contributed by atoms with Crippen molar-refractivity contribution in [1.82, 2.24) is 10.6 Å². The maximum absolute atomic E-state index is 11.5. The van der Waals surface area contributed by atoms with Gasteiger partial charge in [-0.15, -0.1) is 0 Å². The van der Waals surface area contributed by atoms with Crippen molar-refractivity contribution in [3.8, 4) is 0 Å². The van der Waals surface area contributed by atoms with Gasteiger partial charge in [-0.05, 0) is 31.3 Å². The summed E-state index contributed by atoms with van der Waals surface area (Å²) in [6.45, 7) is 8.28. The third-order valence-corrected chi connectivity index (χ3v) is 2.66. The Morgan fingerprint density at radius 3 is 3.00 bits per heavy atom. The molecule has 16 heavy (non-hydrogen) atoms. The first-order valence-corrected chi connectivity index (χ1v) is 6.23. The lowest BCUT2D eigenvalue weighted by Gasteiger charge is -2.10. The van der Waals surface area contributed by atoms with E-state index in [1.165, 1.54) is 0 Å².